The smallest absolute Gasteiger partial charge is 0.180 e. The molecule has 0 aliphatic heterocycles. The number of ketones is 1. The van der Waals surface area contributed by atoms with Crippen LogP contribution in [0, 0.1) is 0 Å². The Morgan fingerprint density at radius 1 is 1.33 bits per heavy atom. The third kappa shape index (κ3) is 4.47. The van der Waals surface area contributed by atoms with Gasteiger partial charge >= 0.3 is 0 Å². The van der Waals surface area contributed by atoms with E-state index >= 15 is 0 Å². The van der Waals surface area contributed by atoms with Gasteiger partial charge in [0.2, 0.25) is 0 Å². The predicted molar refractivity (Wildman–Crippen MR) is 71.3 cm³/mol. The van der Waals surface area contributed by atoms with Crippen molar-refractivity contribution in [1.82, 2.24) is 4.90 Å². The van der Waals surface area contributed by atoms with Gasteiger partial charge in [0.05, 0.1) is 25.8 Å². The SMILES string of the molecule is CCOCCN(C)CC(=O)c1ccccc1OC. The standard InChI is InChI=1S/C14H21NO3/c1-4-18-10-9-15(2)11-13(16)12-7-5-6-8-14(12)17-3/h5-8H,4,9-11H2,1-3H3. The van der Waals surface area contributed by atoms with Gasteiger partial charge in [0, 0.05) is 13.2 Å². The van der Waals surface area contributed by atoms with Crippen LogP contribution in [0.15, 0.2) is 24.3 Å². The lowest BCUT2D eigenvalue weighted by Gasteiger charge is -2.16. The molecule has 1 aromatic rings. The number of carbonyl (C=O) groups is 1. The molecule has 0 unspecified atom stereocenters. The Morgan fingerprint density at radius 3 is 2.72 bits per heavy atom. The Hall–Kier alpha value is -1.39. The largest absolute Gasteiger partial charge is 0.496 e. The number of carbonyl (C=O) groups excluding carboxylic acids is 1. The molecule has 0 aliphatic rings. The predicted octanol–water partition coefficient (Wildman–Crippen LogP) is 1.85. The third-order valence-electron chi connectivity index (χ3n) is 2.64. The van der Waals surface area contributed by atoms with Gasteiger partial charge in [-0.3, -0.25) is 9.69 Å². The van der Waals surface area contributed by atoms with Crippen LogP contribution in [0.1, 0.15) is 17.3 Å². The zero-order valence-corrected chi connectivity index (χ0v) is 11.3. The molecule has 0 spiro atoms. The molecular weight excluding hydrogens is 230 g/mol. The van der Waals surface area contributed by atoms with Gasteiger partial charge in [-0.1, -0.05) is 12.1 Å². The van der Waals surface area contributed by atoms with Crippen molar-refractivity contribution in [3.63, 3.8) is 0 Å². The Morgan fingerprint density at radius 2 is 2.06 bits per heavy atom. The van der Waals surface area contributed by atoms with Gasteiger partial charge in [0.1, 0.15) is 5.75 Å². The number of ether oxygens (including phenoxy) is 2. The van der Waals surface area contributed by atoms with E-state index in [1.165, 1.54) is 0 Å². The Labute approximate surface area is 108 Å². The molecule has 0 aromatic heterocycles. The maximum absolute atomic E-state index is 12.1. The van der Waals surface area contributed by atoms with Crippen LogP contribution >= 0.6 is 0 Å². The Bertz CT molecular complexity index is 379. The second-order valence-corrected chi connectivity index (χ2v) is 4.06. The van der Waals surface area contributed by atoms with Gasteiger partial charge in [0.15, 0.2) is 5.78 Å². The highest BCUT2D eigenvalue weighted by Crippen LogP contribution is 2.17. The average molecular weight is 251 g/mol. The van der Waals surface area contributed by atoms with Crippen LogP contribution in [0.4, 0.5) is 0 Å². The lowest BCUT2D eigenvalue weighted by Crippen LogP contribution is -2.29. The summed E-state index contributed by atoms with van der Waals surface area (Å²) in [5.41, 5.74) is 0.628. The molecule has 0 saturated heterocycles. The average Bonchev–Trinajstić information content (AvgIpc) is 2.39. The molecule has 18 heavy (non-hydrogen) atoms. The van der Waals surface area contributed by atoms with Gasteiger partial charge in [-0.15, -0.1) is 0 Å². The van der Waals surface area contributed by atoms with Gasteiger partial charge in [0.25, 0.3) is 0 Å². The van der Waals surface area contributed by atoms with Crippen LogP contribution in [0.25, 0.3) is 0 Å². The third-order valence-corrected chi connectivity index (χ3v) is 2.64. The molecular formula is C14H21NO3. The highest BCUT2D eigenvalue weighted by molar-refractivity contribution is 6.00. The van der Waals surface area contributed by atoms with Crippen LogP contribution in [0.3, 0.4) is 0 Å². The summed E-state index contributed by atoms with van der Waals surface area (Å²) in [5.74, 6) is 0.687. The first-order valence-electron chi connectivity index (χ1n) is 6.11. The Balaban J connectivity index is 2.54. The van der Waals surface area contributed by atoms with E-state index in [2.05, 4.69) is 0 Å². The summed E-state index contributed by atoms with van der Waals surface area (Å²) in [4.78, 5) is 14.1. The second-order valence-electron chi connectivity index (χ2n) is 4.06. The number of hydrogen-bond donors (Lipinski definition) is 0. The van der Waals surface area contributed by atoms with E-state index < -0.39 is 0 Å². The topological polar surface area (TPSA) is 38.8 Å². The van der Waals surface area contributed by atoms with Crippen molar-refractivity contribution in [1.29, 1.82) is 0 Å². The molecule has 0 radical (unpaired) electrons. The minimum absolute atomic E-state index is 0.0615. The molecule has 0 aliphatic carbocycles. The summed E-state index contributed by atoms with van der Waals surface area (Å²) in [6.45, 7) is 4.42. The van der Waals surface area contributed by atoms with Crippen LogP contribution < -0.4 is 4.74 Å². The van der Waals surface area contributed by atoms with Crippen molar-refractivity contribution in [2.75, 3.05) is 40.5 Å². The van der Waals surface area contributed by atoms with Crippen molar-refractivity contribution in [3.05, 3.63) is 29.8 Å². The van der Waals surface area contributed by atoms with E-state index in [1.807, 2.05) is 31.0 Å². The number of nitrogens with zero attached hydrogens (tertiary/aromatic N) is 1. The van der Waals surface area contributed by atoms with Gasteiger partial charge in [-0.25, -0.2) is 0 Å². The van der Waals surface area contributed by atoms with Crippen LogP contribution in [0.2, 0.25) is 0 Å². The van der Waals surface area contributed by atoms with E-state index in [0.717, 1.165) is 6.54 Å². The lowest BCUT2D eigenvalue weighted by atomic mass is 10.1. The zero-order chi connectivity index (χ0) is 13.4. The number of hydrogen-bond acceptors (Lipinski definition) is 4. The molecule has 0 amide bonds. The minimum atomic E-state index is 0.0615. The number of likely N-dealkylation sites (N-methyl/N-ethyl adjacent to an activating group) is 1. The number of methoxy groups -OCH3 is 1. The summed E-state index contributed by atoms with van der Waals surface area (Å²) in [6, 6.07) is 7.29. The minimum Gasteiger partial charge on any atom is -0.496 e. The maximum atomic E-state index is 12.1. The quantitative estimate of drug-likeness (QED) is 0.522. The van der Waals surface area contributed by atoms with Crippen LogP contribution in [-0.4, -0.2) is 51.1 Å². The van der Waals surface area contributed by atoms with E-state index in [1.54, 1.807) is 19.2 Å². The van der Waals surface area contributed by atoms with E-state index in [-0.39, 0.29) is 5.78 Å². The zero-order valence-electron chi connectivity index (χ0n) is 11.3. The number of Topliss-reactive ketones (excluding diaryl/α,β-unsaturated/α-hetero) is 1. The molecule has 0 N–H and O–H groups in total. The monoisotopic (exact) mass is 251 g/mol. The molecule has 0 atom stereocenters. The molecule has 0 fully saturated rings. The summed E-state index contributed by atoms with van der Waals surface area (Å²) < 4.78 is 10.4. The second kappa shape index (κ2) is 7.84. The summed E-state index contributed by atoms with van der Waals surface area (Å²) in [5, 5.41) is 0. The molecule has 0 bridgehead atoms. The van der Waals surface area contributed by atoms with E-state index in [0.29, 0.717) is 31.1 Å². The fraction of sp³-hybridized carbons (Fsp3) is 0.500. The van der Waals surface area contributed by atoms with Crippen molar-refractivity contribution in [3.8, 4) is 5.75 Å². The van der Waals surface area contributed by atoms with Crippen LogP contribution in [0.5, 0.6) is 5.75 Å². The lowest BCUT2D eigenvalue weighted by molar-refractivity contribution is 0.0894. The molecule has 4 heteroatoms. The fourth-order valence-corrected chi connectivity index (χ4v) is 1.65. The van der Waals surface area contributed by atoms with E-state index in [4.69, 9.17) is 9.47 Å². The number of benzene rings is 1. The molecule has 1 aromatic carbocycles. The normalized spacial score (nSPS) is 10.7. The highest BCUT2D eigenvalue weighted by atomic mass is 16.5. The highest BCUT2D eigenvalue weighted by Gasteiger charge is 2.13. The first kappa shape index (κ1) is 14.7. The summed E-state index contributed by atoms with van der Waals surface area (Å²) >= 11 is 0. The summed E-state index contributed by atoms with van der Waals surface area (Å²) in [6.07, 6.45) is 0. The van der Waals surface area contributed by atoms with Crippen molar-refractivity contribution in [2.45, 2.75) is 6.92 Å². The molecule has 1 rings (SSSR count). The first-order valence-corrected chi connectivity index (χ1v) is 6.11. The molecule has 4 nitrogen and oxygen atoms in total. The maximum Gasteiger partial charge on any atom is 0.180 e. The van der Waals surface area contributed by atoms with Crippen molar-refractivity contribution in [2.24, 2.45) is 0 Å². The van der Waals surface area contributed by atoms with Gasteiger partial charge in [-0.2, -0.15) is 0 Å². The molecule has 100 valence electrons. The number of rotatable bonds is 8. The number of para-hydroxylation sites is 1. The van der Waals surface area contributed by atoms with Crippen LogP contribution in [-0.2, 0) is 4.74 Å². The van der Waals surface area contributed by atoms with Gasteiger partial charge < -0.3 is 9.47 Å². The van der Waals surface area contributed by atoms with Crippen molar-refractivity contribution >= 4 is 5.78 Å². The Kier molecular flexibility index (Phi) is 6.39. The fourth-order valence-electron chi connectivity index (χ4n) is 1.65. The summed E-state index contributed by atoms with van der Waals surface area (Å²) in [7, 11) is 3.48. The molecule has 0 heterocycles. The van der Waals surface area contributed by atoms with Gasteiger partial charge in [-0.05, 0) is 26.1 Å². The van der Waals surface area contributed by atoms with Crippen molar-refractivity contribution < 1.29 is 14.3 Å². The molecule has 0 saturated carbocycles. The van der Waals surface area contributed by atoms with E-state index in [9.17, 15) is 4.79 Å². The first-order chi connectivity index (χ1) is 8.69.